The Morgan fingerprint density at radius 1 is 1.26 bits per heavy atom. The monoisotopic (exact) mass is 326 g/mol. The van der Waals surface area contributed by atoms with E-state index in [-0.39, 0.29) is 5.75 Å². The minimum absolute atomic E-state index is 0.178. The number of aromatic nitrogens is 3. The number of H-pyrrole nitrogens is 1. The summed E-state index contributed by atoms with van der Waals surface area (Å²) in [5, 5.41) is 20.8. The molecule has 7 heteroatoms. The highest BCUT2D eigenvalue weighted by Gasteiger charge is 2.08. The Morgan fingerprint density at radius 3 is 2.87 bits per heavy atom. The van der Waals surface area contributed by atoms with E-state index < -0.39 is 0 Å². The minimum Gasteiger partial charge on any atom is -0.508 e. The van der Waals surface area contributed by atoms with Crippen molar-refractivity contribution in [2.45, 2.75) is 0 Å². The van der Waals surface area contributed by atoms with E-state index in [9.17, 15) is 5.11 Å². The van der Waals surface area contributed by atoms with Gasteiger partial charge in [0.1, 0.15) is 11.5 Å². The molecule has 0 saturated carbocycles. The zero-order valence-corrected chi connectivity index (χ0v) is 13.1. The highest BCUT2D eigenvalue weighted by atomic mass is 32.1. The van der Waals surface area contributed by atoms with Crippen molar-refractivity contribution in [2.75, 3.05) is 7.11 Å². The van der Waals surface area contributed by atoms with Crippen LogP contribution in [0.4, 0.5) is 0 Å². The first-order chi connectivity index (χ1) is 11.2. The normalized spacial score (nSPS) is 11.0. The van der Waals surface area contributed by atoms with Crippen LogP contribution < -0.4 is 4.74 Å². The number of ether oxygens (including phenoxy) is 1. The largest absolute Gasteiger partial charge is 0.508 e. The van der Waals surface area contributed by atoms with Crippen LogP contribution in [0, 0.1) is 4.77 Å². The first kappa shape index (κ1) is 15.0. The van der Waals surface area contributed by atoms with Crippen molar-refractivity contribution in [1.82, 2.24) is 14.9 Å². The second kappa shape index (κ2) is 6.45. The zero-order valence-electron chi connectivity index (χ0n) is 12.3. The summed E-state index contributed by atoms with van der Waals surface area (Å²) < 4.78 is 7.12. The molecule has 0 aliphatic rings. The SMILES string of the molecule is COc1cccc(-c2n[nH]c(=S)n2N=Cc2cccc(O)c2)c1. The molecule has 2 aromatic carbocycles. The average Bonchev–Trinajstić information content (AvgIpc) is 2.94. The molecule has 0 saturated heterocycles. The Kier molecular flexibility index (Phi) is 4.20. The van der Waals surface area contributed by atoms with Gasteiger partial charge in [0.25, 0.3) is 0 Å². The summed E-state index contributed by atoms with van der Waals surface area (Å²) >= 11 is 5.23. The van der Waals surface area contributed by atoms with Crippen LogP contribution in [0.3, 0.4) is 0 Å². The van der Waals surface area contributed by atoms with Crippen LogP contribution in [0.15, 0.2) is 53.6 Å². The molecule has 3 rings (SSSR count). The summed E-state index contributed by atoms with van der Waals surface area (Å²) in [5.74, 6) is 1.47. The topological polar surface area (TPSA) is 75.4 Å². The predicted octanol–water partition coefficient (Wildman–Crippen LogP) is 3.20. The lowest BCUT2D eigenvalue weighted by Crippen LogP contribution is -1.95. The quantitative estimate of drug-likeness (QED) is 0.570. The van der Waals surface area contributed by atoms with Gasteiger partial charge >= 0.3 is 0 Å². The third-order valence-corrected chi connectivity index (χ3v) is 3.44. The third-order valence-electron chi connectivity index (χ3n) is 3.17. The lowest BCUT2D eigenvalue weighted by molar-refractivity contribution is 0.415. The summed E-state index contributed by atoms with van der Waals surface area (Å²) in [6, 6.07) is 14.3. The van der Waals surface area contributed by atoms with Crippen molar-refractivity contribution in [1.29, 1.82) is 0 Å². The molecular weight excluding hydrogens is 312 g/mol. The number of hydrogen-bond acceptors (Lipinski definition) is 5. The standard InChI is InChI=1S/C16H14N4O2S/c1-22-14-7-3-5-12(9-14)15-18-19-16(23)20(15)17-10-11-4-2-6-13(21)8-11/h2-10,21H,1H3,(H,19,23). The maximum absolute atomic E-state index is 9.49. The molecule has 0 unspecified atom stereocenters. The third kappa shape index (κ3) is 3.29. The van der Waals surface area contributed by atoms with Gasteiger partial charge in [-0.3, -0.25) is 0 Å². The number of hydrogen-bond donors (Lipinski definition) is 2. The first-order valence-corrected chi connectivity index (χ1v) is 7.23. The Labute approximate surface area is 137 Å². The van der Waals surface area contributed by atoms with E-state index in [4.69, 9.17) is 17.0 Å². The predicted molar refractivity (Wildman–Crippen MR) is 90.5 cm³/mol. The van der Waals surface area contributed by atoms with Gasteiger partial charge in [-0.1, -0.05) is 24.3 Å². The average molecular weight is 326 g/mol. The van der Waals surface area contributed by atoms with Crippen molar-refractivity contribution in [3.63, 3.8) is 0 Å². The van der Waals surface area contributed by atoms with Gasteiger partial charge in [0, 0.05) is 5.56 Å². The van der Waals surface area contributed by atoms with Crippen LogP contribution >= 0.6 is 12.2 Å². The van der Waals surface area contributed by atoms with Crippen LogP contribution in [0.2, 0.25) is 0 Å². The number of methoxy groups -OCH3 is 1. The van der Waals surface area contributed by atoms with Gasteiger partial charge in [-0.15, -0.1) is 0 Å². The van der Waals surface area contributed by atoms with Gasteiger partial charge in [0.05, 0.1) is 13.3 Å². The maximum Gasteiger partial charge on any atom is 0.216 e. The number of benzene rings is 2. The van der Waals surface area contributed by atoms with E-state index in [0.29, 0.717) is 10.6 Å². The molecule has 0 spiro atoms. The van der Waals surface area contributed by atoms with E-state index >= 15 is 0 Å². The van der Waals surface area contributed by atoms with Crippen molar-refractivity contribution in [2.24, 2.45) is 5.10 Å². The summed E-state index contributed by atoms with van der Waals surface area (Å²) in [6.45, 7) is 0. The highest BCUT2D eigenvalue weighted by molar-refractivity contribution is 7.71. The first-order valence-electron chi connectivity index (χ1n) is 6.82. The van der Waals surface area contributed by atoms with E-state index in [1.54, 1.807) is 31.5 Å². The lowest BCUT2D eigenvalue weighted by Gasteiger charge is -2.04. The highest BCUT2D eigenvalue weighted by Crippen LogP contribution is 2.22. The van der Waals surface area contributed by atoms with Crippen molar-refractivity contribution >= 4 is 18.4 Å². The van der Waals surface area contributed by atoms with Crippen LogP contribution in [0.25, 0.3) is 11.4 Å². The molecule has 6 nitrogen and oxygen atoms in total. The van der Waals surface area contributed by atoms with Gasteiger partial charge in [0.15, 0.2) is 5.82 Å². The zero-order chi connectivity index (χ0) is 16.2. The molecule has 3 aromatic rings. The Balaban J connectivity index is 2.00. The molecular formula is C16H14N4O2S. The van der Waals surface area contributed by atoms with Crippen molar-refractivity contribution in [3.05, 3.63) is 58.9 Å². The van der Waals surface area contributed by atoms with Crippen molar-refractivity contribution < 1.29 is 9.84 Å². The van der Waals surface area contributed by atoms with Crippen LogP contribution in [0.1, 0.15) is 5.56 Å². The number of rotatable bonds is 4. The van der Waals surface area contributed by atoms with Gasteiger partial charge in [-0.2, -0.15) is 14.9 Å². The molecule has 0 bridgehead atoms. The second-order valence-corrected chi connectivity index (χ2v) is 5.12. The van der Waals surface area contributed by atoms with E-state index in [1.165, 1.54) is 4.68 Å². The van der Waals surface area contributed by atoms with Crippen molar-refractivity contribution in [3.8, 4) is 22.9 Å². The Bertz CT molecular complexity index is 914. The Hall–Kier alpha value is -2.93. The summed E-state index contributed by atoms with van der Waals surface area (Å²) in [6.07, 6.45) is 1.61. The minimum atomic E-state index is 0.178. The molecule has 23 heavy (non-hydrogen) atoms. The van der Waals surface area contributed by atoms with Gasteiger partial charge < -0.3 is 9.84 Å². The summed E-state index contributed by atoms with van der Waals surface area (Å²) in [5.41, 5.74) is 1.58. The molecule has 0 amide bonds. The molecule has 0 aliphatic carbocycles. The van der Waals surface area contributed by atoms with E-state index in [1.807, 2.05) is 30.3 Å². The van der Waals surface area contributed by atoms with Crippen LogP contribution in [-0.2, 0) is 0 Å². The number of aromatic hydroxyl groups is 1. The summed E-state index contributed by atoms with van der Waals surface area (Å²) in [4.78, 5) is 0. The number of aromatic amines is 1. The Morgan fingerprint density at radius 2 is 2.09 bits per heavy atom. The van der Waals surface area contributed by atoms with Gasteiger partial charge in [0.2, 0.25) is 4.77 Å². The number of nitrogens with zero attached hydrogens (tertiary/aromatic N) is 3. The molecule has 1 aromatic heterocycles. The lowest BCUT2D eigenvalue weighted by atomic mass is 10.2. The van der Waals surface area contributed by atoms with Crippen LogP contribution in [0.5, 0.6) is 11.5 Å². The van der Waals surface area contributed by atoms with E-state index in [2.05, 4.69) is 15.3 Å². The second-order valence-electron chi connectivity index (χ2n) is 4.74. The molecule has 1 heterocycles. The molecule has 0 atom stereocenters. The smallest absolute Gasteiger partial charge is 0.216 e. The number of phenolic OH excluding ortho intramolecular Hbond substituents is 1. The molecule has 0 aliphatic heterocycles. The molecule has 0 radical (unpaired) electrons. The van der Waals surface area contributed by atoms with Gasteiger partial charge in [-0.25, -0.2) is 5.10 Å². The molecule has 116 valence electrons. The van der Waals surface area contributed by atoms with Gasteiger partial charge in [-0.05, 0) is 42.0 Å². The fourth-order valence-corrected chi connectivity index (χ4v) is 2.26. The fourth-order valence-electron chi connectivity index (χ4n) is 2.08. The number of nitrogens with one attached hydrogen (secondary N) is 1. The fraction of sp³-hybridized carbons (Fsp3) is 0.0625. The maximum atomic E-state index is 9.49. The van der Waals surface area contributed by atoms with E-state index in [0.717, 1.165) is 16.9 Å². The molecule has 0 fully saturated rings. The molecule has 2 N–H and O–H groups in total. The summed E-state index contributed by atoms with van der Waals surface area (Å²) in [7, 11) is 1.61. The van der Waals surface area contributed by atoms with Crippen LogP contribution in [-0.4, -0.2) is 33.3 Å². The number of phenols is 1.